The van der Waals surface area contributed by atoms with Gasteiger partial charge in [0.15, 0.2) is 0 Å². The minimum absolute atomic E-state index is 0.0962. The molecule has 2 aliphatic rings. The van der Waals surface area contributed by atoms with Crippen molar-refractivity contribution in [2.24, 2.45) is 11.7 Å². The third kappa shape index (κ3) is 2.99. The van der Waals surface area contributed by atoms with Gasteiger partial charge in [0.2, 0.25) is 0 Å². The summed E-state index contributed by atoms with van der Waals surface area (Å²) in [5.74, 6) is 0.527. The van der Waals surface area contributed by atoms with Crippen LogP contribution in [-0.4, -0.2) is 12.2 Å². The maximum atomic E-state index is 6.57. The van der Waals surface area contributed by atoms with E-state index in [1.54, 1.807) is 0 Å². The van der Waals surface area contributed by atoms with Crippen LogP contribution in [-0.2, 0) is 4.74 Å². The molecule has 0 bridgehead atoms. The Morgan fingerprint density at radius 1 is 1.25 bits per heavy atom. The number of rotatable bonds is 2. The van der Waals surface area contributed by atoms with E-state index in [-0.39, 0.29) is 11.6 Å². The van der Waals surface area contributed by atoms with Crippen molar-refractivity contribution >= 4 is 31.9 Å². The van der Waals surface area contributed by atoms with Crippen molar-refractivity contribution in [3.8, 4) is 0 Å². The van der Waals surface area contributed by atoms with Crippen LogP contribution in [0.1, 0.15) is 50.1 Å². The van der Waals surface area contributed by atoms with E-state index in [2.05, 4.69) is 50.1 Å². The van der Waals surface area contributed by atoms with Gasteiger partial charge in [0, 0.05) is 21.6 Å². The lowest BCUT2D eigenvalue weighted by molar-refractivity contribution is -0.0964. The van der Waals surface area contributed by atoms with Crippen molar-refractivity contribution < 1.29 is 4.74 Å². The largest absolute Gasteiger partial charge is 0.375 e. The molecule has 1 aliphatic carbocycles. The summed E-state index contributed by atoms with van der Waals surface area (Å²) in [7, 11) is 0. The molecule has 110 valence electrons. The lowest BCUT2D eigenvalue weighted by Crippen LogP contribution is -2.40. The predicted molar refractivity (Wildman–Crippen MR) is 88.6 cm³/mol. The highest BCUT2D eigenvalue weighted by atomic mass is 79.9. The second-order valence-electron chi connectivity index (χ2n) is 6.18. The van der Waals surface area contributed by atoms with Crippen LogP contribution in [0.2, 0.25) is 0 Å². The van der Waals surface area contributed by atoms with Crippen LogP contribution >= 0.6 is 31.9 Å². The standard InChI is InChI=1S/C16H21Br2NO/c17-12-3-4-13(14(18)9-12)15(19)11-5-8-20-16(10-11)6-1-2-7-16/h3-4,9,11,15H,1-2,5-8,10,19H2. The van der Waals surface area contributed by atoms with Crippen LogP contribution in [0, 0.1) is 5.92 Å². The molecule has 2 unspecified atom stereocenters. The molecule has 1 saturated carbocycles. The van der Waals surface area contributed by atoms with E-state index in [9.17, 15) is 0 Å². The summed E-state index contributed by atoms with van der Waals surface area (Å²) in [5.41, 5.74) is 7.93. The van der Waals surface area contributed by atoms with E-state index >= 15 is 0 Å². The quantitative estimate of drug-likeness (QED) is 0.759. The van der Waals surface area contributed by atoms with Crippen LogP contribution in [0.25, 0.3) is 0 Å². The molecule has 0 amide bonds. The molecule has 20 heavy (non-hydrogen) atoms. The van der Waals surface area contributed by atoms with Crippen LogP contribution in [0.3, 0.4) is 0 Å². The Morgan fingerprint density at radius 2 is 2.00 bits per heavy atom. The highest BCUT2D eigenvalue weighted by molar-refractivity contribution is 9.11. The summed E-state index contributed by atoms with van der Waals surface area (Å²) in [5, 5.41) is 0. The zero-order valence-corrected chi connectivity index (χ0v) is 14.8. The maximum Gasteiger partial charge on any atom is 0.0685 e. The third-order valence-electron chi connectivity index (χ3n) is 4.88. The lowest BCUT2D eigenvalue weighted by Gasteiger charge is -2.40. The third-order valence-corrected chi connectivity index (χ3v) is 6.06. The Hall–Kier alpha value is 0.1000. The Bertz CT molecular complexity index is 485. The molecule has 4 heteroatoms. The zero-order valence-electron chi connectivity index (χ0n) is 11.6. The number of benzene rings is 1. The van der Waals surface area contributed by atoms with Gasteiger partial charge in [0.1, 0.15) is 0 Å². The first-order valence-electron chi connectivity index (χ1n) is 7.44. The molecule has 1 aliphatic heterocycles. The SMILES string of the molecule is NC(c1ccc(Br)cc1Br)C1CCOC2(CCCC2)C1. The van der Waals surface area contributed by atoms with E-state index < -0.39 is 0 Å². The van der Waals surface area contributed by atoms with E-state index in [0.717, 1.165) is 28.4 Å². The molecule has 2 N–H and O–H groups in total. The van der Waals surface area contributed by atoms with Gasteiger partial charge >= 0.3 is 0 Å². The van der Waals surface area contributed by atoms with Gasteiger partial charge in [0.25, 0.3) is 0 Å². The molecule has 0 radical (unpaired) electrons. The van der Waals surface area contributed by atoms with Crippen molar-refractivity contribution in [1.82, 2.24) is 0 Å². The topological polar surface area (TPSA) is 35.2 Å². The molecule has 1 aromatic carbocycles. The number of halogens is 2. The van der Waals surface area contributed by atoms with Gasteiger partial charge in [-0.15, -0.1) is 0 Å². The smallest absolute Gasteiger partial charge is 0.0685 e. The van der Waals surface area contributed by atoms with Crippen molar-refractivity contribution in [3.63, 3.8) is 0 Å². The minimum atomic E-state index is 0.0962. The summed E-state index contributed by atoms with van der Waals surface area (Å²) in [6, 6.07) is 6.39. The van der Waals surface area contributed by atoms with E-state index in [1.807, 2.05) is 0 Å². The summed E-state index contributed by atoms with van der Waals surface area (Å²) in [6.07, 6.45) is 7.26. The highest BCUT2D eigenvalue weighted by Gasteiger charge is 2.41. The number of hydrogen-bond donors (Lipinski definition) is 1. The molecular weight excluding hydrogens is 382 g/mol. The summed E-state index contributed by atoms with van der Waals surface area (Å²) in [6.45, 7) is 0.868. The van der Waals surface area contributed by atoms with Crippen LogP contribution in [0.4, 0.5) is 0 Å². The molecule has 3 rings (SSSR count). The molecule has 1 saturated heterocycles. The molecule has 1 heterocycles. The molecule has 2 atom stereocenters. The average Bonchev–Trinajstić information content (AvgIpc) is 2.86. The van der Waals surface area contributed by atoms with Crippen LogP contribution in [0.15, 0.2) is 27.1 Å². The van der Waals surface area contributed by atoms with Gasteiger partial charge in [-0.2, -0.15) is 0 Å². The zero-order chi connectivity index (χ0) is 14.2. The van der Waals surface area contributed by atoms with Gasteiger partial charge in [-0.05, 0) is 49.3 Å². The van der Waals surface area contributed by atoms with Gasteiger partial charge in [-0.25, -0.2) is 0 Å². The fourth-order valence-corrected chi connectivity index (χ4v) is 5.08. The Morgan fingerprint density at radius 3 is 2.70 bits per heavy atom. The molecular formula is C16H21Br2NO. The van der Waals surface area contributed by atoms with Crippen LogP contribution in [0.5, 0.6) is 0 Å². The molecule has 2 fully saturated rings. The predicted octanol–water partition coefficient (Wildman–Crippen LogP) is 4.95. The second-order valence-corrected chi connectivity index (χ2v) is 7.95. The monoisotopic (exact) mass is 401 g/mol. The minimum Gasteiger partial charge on any atom is -0.375 e. The lowest BCUT2D eigenvalue weighted by atomic mass is 9.79. The van der Waals surface area contributed by atoms with E-state index in [1.165, 1.54) is 31.2 Å². The van der Waals surface area contributed by atoms with Gasteiger partial charge in [-0.3, -0.25) is 0 Å². The Balaban J connectivity index is 1.77. The second kappa shape index (κ2) is 6.07. The van der Waals surface area contributed by atoms with E-state index in [4.69, 9.17) is 10.5 Å². The molecule has 1 spiro atoms. The highest BCUT2D eigenvalue weighted by Crippen LogP contribution is 2.45. The van der Waals surface area contributed by atoms with Crippen molar-refractivity contribution in [2.75, 3.05) is 6.61 Å². The van der Waals surface area contributed by atoms with E-state index in [0.29, 0.717) is 5.92 Å². The first-order chi connectivity index (χ1) is 9.60. The summed E-state index contributed by atoms with van der Waals surface area (Å²) in [4.78, 5) is 0. The van der Waals surface area contributed by atoms with Crippen molar-refractivity contribution in [2.45, 2.75) is 50.2 Å². The molecule has 1 aromatic rings. The fourth-order valence-electron chi connectivity index (χ4n) is 3.77. The number of hydrogen-bond acceptors (Lipinski definition) is 2. The van der Waals surface area contributed by atoms with Crippen molar-refractivity contribution in [1.29, 1.82) is 0 Å². The fraction of sp³-hybridized carbons (Fsp3) is 0.625. The van der Waals surface area contributed by atoms with Gasteiger partial charge in [-0.1, -0.05) is 50.8 Å². The first kappa shape index (κ1) is 15.0. The van der Waals surface area contributed by atoms with Gasteiger partial charge in [0.05, 0.1) is 5.60 Å². The van der Waals surface area contributed by atoms with Crippen molar-refractivity contribution in [3.05, 3.63) is 32.7 Å². The Labute approximate surface area is 137 Å². The van der Waals surface area contributed by atoms with Gasteiger partial charge < -0.3 is 10.5 Å². The molecule has 2 nitrogen and oxygen atoms in total. The summed E-state index contributed by atoms with van der Waals surface area (Å²) >= 11 is 7.15. The molecule has 0 aromatic heterocycles. The normalized spacial score (nSPS) is 26.9. The number of ether oxygens (including phenoxy) is 1. The average molecular weight is 403 g/mol. The Kier molecular flexibility index (Phi) is 4.56. The number of nitrogens with two attached hydrogens (primary N) is 1. The van der Waals surface area contributed by atoms with Crippen LogP contribution < -0.4 is 5.73 Å². The summed E-state index contributed by atoms with van der Waals surface area (Å²) < 4.78 is 8.30. The first-order valence-corrected chi connectivity index (χ1v) is 9.03. The maximum absolute atomic E-state index is 6.57.